The lowest BCUT2D eigenvalue weighted by molar-refractivity contribution is -0.137. The molecule has 29 heteroatoms. The number of aryl methyl sites for hydroxylation is 9. The van der Waals surface area contributed by atoms with Gasteiger partial charge in [0.15, 0.2) is 0 Å². The van der Waals surface area contributed by atoms with E-state index in [4.69, 9.17) is 61.4 Å². The maximum atomic E-state index is 12.6. The van der Waals surface area contributed by atoms with Gasteiger partial charge in [-0.3, -0.25) is 39.5 Å². The lowest BCUT2D eigenvalue weighted by Crippen LogP contribution is -2.41. The summed E-state index contributed by atoms with van der Waals surface area (Å²) in [7, 11) is -0.316. The third-order valence-electron chi connectivity index (χ3n) is 13.9. The van der Waals surface area contributed by atoms with Crippen molar-refractivity contribution in [3.05, 3.63) is 175 Å². The number of aromatic nitrogens is 16. The van der Waals surface area contributed by atoms with Gasteiger partial charge in [0.2, 0.25) is 0 Å². The molecule has 5 N–H and O–H groups in total. The molecule has 2 aromatic carbocycles. The Morgan fingerprint density at radius 2 is 0.956 bits per heavy atom. The van der Waals surface area contributed by atoms with Crippen LogP contribution in [0.15, 0.2) is 98.1 Å². The molecule has 20 nitrogen and oxygen atoms in total. The van der Waals surface area contributed by atoms with Gasteiger partial charge in [0, 0.05) is 69.4 Å². The molecule has 0 amide bonds. The van der Waals surface area contributed by atoms with Crippen LogP contribution in [0.25, 0.3) is 33.8 Å². The number of nitrogen functional groups attached to an aromatic ring is 1. The van der Waals surface area contributed by atoms with E-state index in [9.17, 15) is 13.2 Å². The Hall–Kier alpha value is -7.14. The minimum absolute atomic E-state index is 0.298. The first kappa shape index (κ1) is 74.6. The zero-order valence-corrected chi connectivity index (χ0v) is 58.8. The van der Waals surface area contributed by atoms with E-state index in [2.05, 4.69) is 140 Å². The van der Waals surface area contributed by atoms with Crippen LogP contribution < -0.4 is 16.5 Å². The zero-order chi connectivity index (χ0) is 67.5. The Kier molecular flexibility index (Phi) is 27.8. The predicted molar refractivity (Wildman–Crippen MR) is 367 cm³/mol. The van der Waals surface area contributed by atoms with E-state index in [1.807, 2.05) is 103 Å². The SMILES string of the molecule is CCI.CCn1nc(C)c(-c2cncc(Cl)n2)c1C.CCn1nc(C)c(-c2cncc(Nc3ccc(C(F)(F)F)cc3)n2)c1C.Cc1ccc(N)cc1.Cc1n[nH]c(C)c1-c1cncc(Cl)n1.Cc1n[nH]c(C)c1B1OC(C)(C)C(C)(C)O1.Clc1cncc(Cl)n1. The second-order valence-electron chi connectivity index (χ2n) is 21.3. The second kappa shape index (κ2) is 34.0. The van der Waals surface area contributed by atoms with Crippen molar-refractivity contribution in [1.82, 2.24) is 79.8 Å². The standard InChI is InChI=1S/C18H18F3N5.C11H19BN2O2.C11H13ClN4.C9H9ClN4.C7H9N.C4H2Cl2N2.C2H5I/c1-4-26-12(3)17(11(2)25-26)15-9-22-10-16(24-15)23-14-7-5-13(6-8-14)18(19,20)21;1-7-9(8(2)14-13-7)12-15-10(3,4)11(5,6)16-12;1-4-16-8(3)11(7(2)15-16)9-5-13-6-10(12)14-9;1-5-9(6(2)14-13-5)7-3-11-4-8(10)12-7;1-6-2-4-7(8)5-3-6;5-3-1-7-2-4(6)8-3;1-2-3/h5-10H,4H2,1-3H3,(H,23,24);1-6H3,(H,13,14);5-6H,4H2,1-3H3;3-4H,1-2H3,(H,13,14);2-5H,8H2,1H3;1-2H;2H2,1H3. The van der Waals surface area contributed by atoms with Gasteiger partial charge in [-0.25, -0.2) is 19.9 Å². The van der Waals surface area contributed by atoms with Gasteiger partial charge >= 0.3 is 13.3 Å². The molecule has 0 radical (unpaired) electrons. The summed E-state index contributed by atoms with van der Waals surface area (Å²) in [6.07, 6.45) is 8.09. The fraction of sp³-hybridized carbons (Fsp3) is 0.355. The highest BCUT2D eigenvalue weighted by atomic mass is 127. The van der Waals surface area contributed by atoms with Crippen LogP contribution in [-0.2, 0) is 28.6 Å². The van der Waals surface area contributed by atoms with Crippen LogP contribution in [0.1, 0.15) is 105 Å². The van der Waals surface area contributed by atoms with Crippen LogP contribution >= 0.6 is 69.0 Å². The summed E-state index contributed by atoms with van der Waals surface area (Å²) >= 11 is 24.7. The molecule has 0 saturated carbocycles. The fourth-order valence-electron chi connectivity index (χ4n) is 8.80. The van der Waals surface area contributed by atoms with Gasteiger partial charge in [-0.05, 0) is 145 Å². The second-order valence-corrected chi connectivity index (χ2v) is 24.3. The van der Waals surface area contributed by atoms with Gasteiger partial charge in [0.05, 0.1) is 106 Å². The highest BCUT2D eigenvalue weighted by molar-refractivity contribution is 14.1. The normalized spacial score (nSPS) is 12.6. The summed E-state index contributed by atoms with van der Waals surface area (Å²) in [5.41, 5.74) is 20.6. The summed E-state index contributed by atoms with van der Waals surface area (Å²) in [4.78, 5) is 32.5. The monoisotopic (exact) mass is 1440 g/mol. The molecule has 1 aliphatic heterocycles. The summed E-state index contributed by atoms with van der Waals surface area (Å²) in [6, 6.07) is 12.6. The lowest BCUT2D eigenvalue weighted by atomic mass is 9.77. The van der Waals surface area contributed by atoms with Crippen molar-refractivity contribution in [3.63, 3.8) is 0 Å². The Balaban J connectivity index is 0.000000205. The minimum atomic E-state index is -4.35. The fourth-order valence-corrected chi connectivity index (χ4v) is 9.43. The number of alkyl halides is 4. The number of anilines is 3. The van der Waals surface area contributed by atoms with Crippen LogP contribution in [-0.4, -0.2) is 103 Å². The Bertz CT molecular complexity index is 3850. The zero-order valence-electron chi connectivity index (χ0n) is 53.6. The molecule has 0 atom stereocenters. The van der Waals surface area contributed by atoms with Gasteiger partial charge in [-0.2, -0.15) is 33.6 Å². The smallest absolute Gasteiger partial charge is 0.399 e. The lowest BCUT2D eigenvalue weighted by Gasteiger charge is -2.32. The molecule has 0 bridgehead atoms. The number of nitrogens with zero attached hydrogens (tertiary/aromatic N) is 14. The molecule has 9 heterocycles. The van der Waals surface area contributed by atoms with Crippen molar-refractivity contribution in [2.45, 2.75) is 141 Å². The van der Waals surface area contributed by atoms with Crippen LogP contribution in [0.3, 0.4) is 0 Å². The van der Waals surface area contributed by atoms with E-state index >= 15 is 0 Å². The van der Waals surface area contributed by atoms with E-state index in [-0.39, 0.29) is 18.3 Å². The molecule has 1 saturated heterocycles. The third kappa shape index (κ3) is 21.2. The quantitative estimate of drug-likeness (QED) is 0.0477. The first-order chi connectivity index (χ1) is 42.8. The number of benzene rings is 2. The van der Waals surface area contributed by atoms with Crippen LogP contribution in [0, 0.1) is 62.3 Å². The number of aromatic amines is 2. The van der Waals surface area contributed by atoms with Crippen LogP contribution in [0.4, 0.5) is 30.4 Å². The van der Waals surface area contributed by atoms with Crippen molar-refractivity contribution in [2.75, 3.05) is 15.5 Å². The number of hydrogen-bond donors (Lipinski definition) is 4. The van der Waals surface area contributed by atoms with Crippen molar-refractivity contribution in [3.8, 4) is 33.8 Å². The van der Waals surface area contributed by atoms with E-state index in [1.165, 1.54) is 53.1 Å². The van der Waals surface area contributed by atoms with Crippen molar-refractivity contribution < 1.29 is 22.5 Å². The summed E-state index contributed by atoms with van der Waals surface area (Å²) in [6.45, 7) is 33.7. The average Bonchev–Trinajstić information content (AvgIpc) is 1.69. The van der Waals surface area contributed by atoms with E-state index in [0.29, 0.717) is 37.8 Å². The van der Waals surface area contributed by atoms with Crippen molar-refractivity contribution >= 4 is 98.8 Å². The molecule has 0 aliphatic carbocycles. The highest BCUT2D eigenvalue weighted by Gasteiger charge is 2.53. The molecule has 11 rings (SSSR count). The van der Waals surface area contributed by atoms with Gasteiger partial charge in [0.25, 0.3) is 0 Å². The topological polar surface area (TPSA) is 253 Å². The van der Waals surface area contributed by atoms with Crippen molar-refractivity contribution in [2.24, 2.45) is 0 Å². The first-order valence-corrected chi connectivity index (χ1v) is 31.6. The van der Waals surface area contributed by atoms with Crippen LogP contribution in [0.5, 0.6) is 0 Å². The molecule has 8 aromatic heterocycles. The van der Waals surface area contributed by atoms with Gasteiger partial charge in [-0.1, -0.05) is 93.6 Å². The predicted octanol–water partition coefficient (Wildman–Crippen LogP) is 15.6. The van der Waals surface area contributed by atoms with Gasteiger partial charge in [0.1, 0.15) is 26.4 Å². The maximum Gasteiger partial charge on any atom is 0.498 e. The number of H-pyrrole nitrogens is 2. The van der Waals surface area contributed by atoms with Crippen molar-refractivity contribution in [1.29, 1.82) is 0 Å². The van der Waals surface area contributed by atoms with E-state index in [0.717, 1.165) is 110 Å². The number of rotatable bonds is 8. The number of nitrogens with one attached hydrogen (secondary N) is 3. The van der Waals surface area contributed by atoms with Gasteiger partial charge < -0.3 is 20.4 Å². The highest BCUT2D eigenvalue weighted by Crippen LogP contribution is 2.37. The summed E-state index contributed by atoms with van der Waals surface area (Å²) < 4.78 is 55.0. The number of nitrogens with two attached hydrogens (primary N) is 1. The Morgan fingerprint density at radius 3 is 1.32 bits per heavy atom. The molecule has 10 aromatic rings. The first-order valence-electron chi connectivity index (χ1n) is 28.5. The van der Waals surface area contributed by atoms with Crippen LogP contribution in [0.2, 0.25) is 20.6 Å². The largest absolute Gasteiger partial charge is 0.498 e. The molecule has 484 valence electrons. The van der Waals surface area contributed by atoms with E-state index in [1.54, 1.807) is 18.6 Å². The van der Waals surface area contributed by atoms with Gasteiger partial charge in [-0.15, -0.1) is 0 Å². The molecule has 1 fully saturated rings. The number of hydrogen-bond acceptors (Lipinski definition) is 16. The molecular formula is C62H75BCl4F3IN18O2. The average molecular weight is 1440 g/mol. The number of halogens is 8. The minimum Gasteiger partial charge on any atom is -0.399 e. The maximum absolute atomic E-state index is 12.6. The van der Waals surface area contributed by atoms with E-state index < -0.39 is 11.7 Å². The molecule has 1 aliphatic rings. The Labute approximate surface area is 563 Å². The summed E-state index contributed by atoms with van der Waals surface area (Å²) in [5.74, 6) is 0.449. The molecule has 0 spiro atoms. The molecular weight excluding hydrogens is 1370 g/mol. The molecule has 0 unspecified atom stereocenters. The third-order valence-corrected chi connectivity index (χ3v) is 14.6. The molecule has 91 heavy (non-hydrogen) atoms. The Morgan fingerprint density at radius 1 is 0.549 bits per heavy atom. The summed E-state index contributed by atoms with van der Waals surface area (Å²) in [5, 5.41) is 27.4.